The lowest BCUT2D eigenvalue weighted by molar-refractivity contribution is -0.325. The number of carbonyl (C=O) groups is 1. The summed E-state index contributed by atoms with van der Waals surface area (Å²) < 4.78 is 61.8. The number of rotatable bonds is 7. The second-order valence-electron chi connectivity index (χ2n) is 6.99. The van der Waals surface area contributed by atoms with E-state index in [0.29, 0.717) is 19.5 Å². The highest BCUT2D eigenvalue weighted by atomic mass is 32.1. The van der Waals surface area contributed by atoms with Gasteiger partial charge in [-0.1, -0.05) is 0 Å². The molecular formula is C19H20F3N3O6S. The monoisotopic (exact) mass is 475 g/mol. The van der Waals surface area contributed by atoms with E-state index in [0.717, 1.165) is 5.01 Å². The number of pyridine rings is 1. The standard InChI is InChI=1S/C19H20F3N3O6S/c1-27-15-13(28-7-8-30-19(20,21)22)3-2-12(24-15)16(26)25-6-4-18(17-23-5-9-32-17)14(10-25)29-11-31-18/h2-3,5,9,14H,4,6-8,10-11H2,1H3/t14-,18-/m0/s1. The van der Waals surface area contributed by atoms with Crippen LogP contribution < -0.4 is 9.47 Å². The molecule has 0 aromatic carbocycles. The fourth-order valence-electron chi connectivity index (χ4n) is 3.67. The van der Waals surface area contributed by atoms with E-state index in [9.17, 15) is 18.0 Å². The van der Waals surface area contributed by atoms with Crippen LogP contribution in [0.3, 0.4) is 0 Å². The molecule has 0 aliphatic carbocycles. The number of hydrogen-bond donors (Lipinski definition) is 0. The van der Waals surface area contributed by atoms with Gasteiger partial charge in [0.25, 0.3) is 11.8 Å². The molecule has 2 aliphatic heterocycles. The summed E-state index contributed by atoms with van der Waals surface area (Å²) >= 11 is 1.48. The first kappa shape index (κ1) is 22.7. The quantitative estimate of drug-likeness (QED) is 0.565. The van der Waals surface area contributed by atoms with Crippen molar-refractivity contribution in [2.24, 2.45) is 0 Å². The number of carbonyl (C=O) groups excluding carboxylic acids is 1. The Morgan fingerprint density at radius 3 is 2.94 bits per heavy atom. The average Bonchev–Trinajstić information content (AvgIpc) is 3.45. The van der Waals surface area contributed by atoms with Crippen LogP contribution in [-0.4, -0.2) is 73.4 Å². The van der Waals surface area contributed by atoms with Gasteiger partial charge in [0, 0.05) is 24.5 Å². The van der Waals surface area contributed by atoms with Crippen LogP contribution >= 0.6 is 11.3 Å². The Hall–Kier alpha value is -2.48. The van der Waals surface area contributed by atoms with E-state index >= 15 is 0 Å². The summed E-state index contributed by atoms with van der Waals surface area (Å²) in [7, 11) is 1.32. The van der Waals surface area contributed by atoms with Crippen molar-refractivity contribution in [1.29, 1.82) is 0 Å². The highest BCUT2D eigenvalue weighted by Crippen LogP contribution is 2.43. The Morgan fingerprint density at radius 1 is 1.38 bits per heavy atom. The van der Waals surface area contributed by atoms with Gasteiger partial charge in [0.15, 0.2) is 11.4 Å². The van der Waals surface area contributed by atoms with E-state index in [4.69, 9.17) is 18.9 Å². The first-order valence-corrected chi connectivity index (χ1v) is 10.5. The minimum atomic E-state index is -4.73. The Morgan fingerprint density at radius 2 is 2.22 bits per heavy atom. The Balaban J connectivity index is 1.41. The van der Waals surface area contributed by atoms with Crippen LogP contribution in [0.5, 0.6) is 11.6 Å². The number of amides is 1. The van der Waals surface area contributed by atoms with Gasteiger partial charge in [0.1, 0.15) is 30.2 Å². The third-order valence-electron chi connectivity index (χ3n) is 5.17. The second-order valence-corrected chi connectivity index (χ2v) is 7.89. The first-order valence-electron chi connectivity index (χ1n) is 9.66. The van der Waals surface area contributed by atoms with Crippen LogP contribution in [0.2, 0.25) is 0 Å². The molecular weight excluding hydrogens is 455 g/mol. The number of nitrogens with zero attached hydrogens (tertiary/aromatic N) is 3. The van der Waals surface area contributed by atoms with Gasteiger partial charge in [-0.05, 0) is 12.1 Å². The molecule has 174 valence electrons. The number of hydrogen-bond acceptors (Lipinski definition) is 9. The zero-order valence-corrected chi connectivity index (χ0v) is 17.8. The van der Waals surface area contributed by atoms with Crippen LogP contribution in [0.15, 0.2) is 23.7 Å². The molecule has 2 atom stereocenters. The summed E-state index contributed by atoms with van der Waals surface area (Å²) in [6, 6.07) is 2.85. The molecule has 2 saturated heterocycles. The zero-order valence-electron chi connectivity index (χ0n) is 17.0. The molecule has 2 fully saturated rings. The number of fused-ring (bicyclic) bond motifs is 1. The van der Waals surface area contributed by atoms with Crippen LogP contribution in [0.25, 0.3) is 0 Å². The van der Waals surface area contributed by atoms with E-state index in [1.165, 1.54) is 30.6 Å². The third kappa shape index (κ3) is 4.65. The molecule has 0 spiro atoms. The van der Waals surface area contributed by atoms with Crippen molar-refractivity contribution in [1.82, 2.24) is 14.9 Å². The third-order valence-corrected chi connectivity index (χ3v) is 6.10. The highest BCUT2D eigenvalue weighted by molar-refractivity contribution is 7.09. The van der Waals surface area contributed by atoms with Crippen molar-refractivity contribution in [3.8, 4) is 11.6 Å². The summed E-state index contributed by atoms with van der Waals surface area (Å²) in [6.45, 7) is -0.215. The molecule has 2 aliphatic rings. The summed E-state index contributed by atoms with van der Waals surface area (Å²) in [4.78, 5) is 23.2. The first-order chi connectivity index (χ1) is 15.3. The van der Waals surface area contributed by atoms with Crippen molar-refractivity contribution in [2.75, 3.05) is 40.2 Å². The molecule has 13 heteroatoms. The molecule has 32 heavy (non-hydrogen) atoms. The molecule has 0 unspecified atom stereocenters. The van der Waals surface area contributed by atoms with Crippen molar-refractivity contribution in [3.63, 3.8) is 0 Å². The molecule has 0 saturated carbocycles. The van der Waals surface area contributed by atoms with Gasteiger partial charge in [-0.15, -0.1) is 24.5 Å². The van der Waals surface area contributed by atoms with Gasteiger partial charge >= 0.3 is 6.36 Å². The van der Waals surface area contributed by atoms with Gasteiger partial charge in [0.05, 0.1) is 20.3 Å². The summed E-state index contributed by atoms with van der Waals surface area (Å²) in [5.41, 5.74) is -0.548. The van der Waals surface area contributed by atoms with E-state index in [-0.39, 0.29) is 42.7 Å². The summed E-state index contributed by atoms with van der Waals surface area (Å²) in [5, 5.41) is 2.69. The van der Waals surface area contributed by atoms with Crippen molar-refractivity contribution in [2.45, 2.75) is 24.5 Å². The smallest absolute Gasteiger partial charge is 0.486 e. The van der Waals surface area contributed by atoms with Gasteiger partial charge in [-0.25, -0.2) is 9.97 Å². The SMILES string of the molecule is COc1nc(C(=O)N2CC[C@]3(c4nccs4)OCO[C@H]3C2)ccc1OCCOC(F)(F)F. The predicted octanol–water partition coefficient (Wildman–Crippen LogP) is 2.58. The van der Waals surface area contributed by atoms with Crippen molar-refractivity contribution >= 4 is 17.2 Å². The van der Waals surface area contributed by atoms with Gasteiger partial charge in [0.2, 0.25) is 0 Å². The van der Waals surface area contributed by atoms with Crippen LogP contribution in [0.4, 0.5) is 13.2 Å². The molecule has 4 heterocycles. The fraction of sp³-hybridized carbons (Fsp3) is 0.526. The summed E-state index contributed by atoms with van der Waals surface area (Å²) in [5.74, 6) is -0.250. The minimum Gasteiger partial charge on any atom is -0.486 e. The number of piperidine rings is 1. The van der Waals surface area contributed by atoms with E-state index in [2.05, 4.69) is 14.7 Å². The van der Waals surface area contributed by atoms with E-state index < -0.39 is 18.6 Å². The number of alkyl halides is 3. The lowest BCUT2D eigenvalue weighted by atomic mass is 9.89. The van der Waals surface area contributed by atoms with Gasteiger partial charge in [-0.2, -0.15) is 0 Å². The molecule has 0 radical (unpaired) electrons. The molecule has 2 aromatic rings. The molecule has 4 rings (SSSR count). The summed E-state index contributed by atoms with van der Waals surface area (Å²) in [6.07, 6.45) is -2.86. The van der Waals surface area contributed by atoms with Crippen LogP contribution in [0.1, 0.15) is 21.9 Å². The van der Waals surface area contributed by atoms with Gasteiger partial charge < -0.3 is 23.8 Å². The van der Waals surface area contributed by atoms with Gasteiger partial charge in [-0.3, -0.25) is 9.53 Å². The maximum Gasteiger partial charge on any atom is 0.522 e. The molecule has 0 N–H and O–H groups in total. The normalized spacial score (nSPS) is 23.1. The number of likely N-dealkylation sites (tertiary alicyclic amines) is 1. The number of thiazole rings is 1. The highest BCUT2D eigenvalue weighted by Gasteiger charge is 2.53. The molecule has 0 bridgehead atoms. The van der Waals surface area contributed by atoms with Crippen LogP contribution in [0, 0.1) is 0 Å². The van der Waals surface area contributed by atoms with Crippen molar-refractivity contribution < 1.29 is 41.7 Å². The average molecular weight is 475 g/mol. The fourth-order valence-corrected chi connectivity index (χ4v) is 4.54. The number of aromatic nitrogens is 2. The maximum absolute atomic E-state index is 13.0. The number of methoxy groups -OCH3 is 1. The number of ether oxygens (including phenoxy) is 5. The zero-order chi connectivity index (χ0) is 22.8. The molecule has 1 amide bonds. The second kappa shape index (κ2) is 9.17. The van der Waals surface area contributed by atoms with Crippen molar-refractivity contribution in [3.05, 3.63) is 34.4 Å². The molecule has 9 nitrogen and oxygen atoms in total. The Bertz CT molecular complexity index is 945. The van der Waals surface area contributed by atoms with E-state index in [1.54, 1.807) is 11.1 Å². The minimum absolute atomic E-state index is 0.0162. The Kier molecular flexibility index (Phi) is 6.51. The number of halogens is 3. The molecule has 2 aromatic heterocycles. The van der Waals surface area contributed by atoms with E-state index in [1.807, 2.05) is 5.38 Å². The maximum atomic E-state index is 13.0. The topological polar surface area (TPSA) is 92.2 Å². The van der Waals surface area contributed by atoms with Crippen LogP contribution in [-0.2, 0) is 19.8 Å². The predicted molar refractivity (Wildman–Crippen MR) is 103 cm³/mol. The largest absolute Gasteiger partial charge is 0.522 e. The lowest BCUT2D eigenvalue weighted by Crippen LogP contribution is -2.53. The lowest BCUT2D eigenvalue weighted by Gasteiger charge is -2.40. The Labute approximate surface area is 185 Å².